The van der Waals surface area contributed by atoms with Crippen molar-refractivity contribution in [2.24, 2.45) is 0 Å². The van der Waals surface area contributed by atoms with Crippen LogP contribution in [0.5, 0.6) is 0 Å². The van der Waals surface area contributed by atoms with Crippen molar-refractivity contribution in [3.63, 3.8) is 0 Å². The molecule has 0 bridgehead atoms. The lowest BCUT2D eigenvalue weighted by Crippen LogP contribution is -2.43. The first-order chi connectivity index (χ1) is 10.4. The van der Waals surface area contributed by atoms with Gasteiger partial charge < -0.3 is 24.8 Å². The quantitative estimate of drug-likeness (QED) is 0.638. The molecule has 0 aliphatic carbocycles. The van der Waals surface area contributed by atoms with E-state index in [9.17, 15) is 9.90 Å². The van der Waals surface area contributed by atoms with Crippen molar-refractivity contribution in [1.82, 2.24) is 0 Å². The number of carbonyl (C=O) groups excluding carboxylic acids is 1. The van der Waals surface area contributed by atoms with E-state index in [1.54, 1.807) is 19.1 Å². The van der Waals surface area contributed by atoms with Gasteiger partial charge in [-0.2, -0.15) is 0 Å². The summed E-state index contributed by atoms with van der Waals surface area (Å²) in [6, 6.07) is 7.19. The molecule has 22 heavy (non-hydrogen) atoms. The largest absolute Gasteiger partial charge is 0.461 e. The Balaban J connectivity index is 0.000000461. The summed E-state index contributed by atoms with van der Waals surface area (Å²) in [5, 5.41) is 27.8. The number of halogens is 2. The van der Waals surface area contributed by atoms with Gasteiger partial charge in [-0.3, -0.25) is 0 Å². The van der Waals surface area contributed by atoms with Crippen LogP contribution in [0.25, 0.3) is 0 Å². The number of hydrogen-bond acceptors (Lipinski definition) is 6. The molecule has 0 atom stereocenters. The third-order valence-electron chi connectivity index (χ3n) is 2.34. The minimum atomic E-state index is -1.78. The van der Waals surface area contributed by atoms with E-state index in [0.29, 0.717) is 16.7 Å². The first kappa shape index (κ1) is 21.1. The molecular weight excluding hydrogens is 335 g/mol. The van der Waals surface area contributed by atoms with E-state index in [2.05, 4.69) is 4.74 Å². The zero-order valence-electron chi connectivity index (χ0n) is 12.2. The van der Waals surface area contributed by atoms with Gasteiger partial charge in [-0.1, -0.05) is 35.3 Å². The topological polar surface area (TPSA) is 96.2 Å². The summed E-state index contributed by atoms with van der Waals surface area (Å²) in [6.45, 7) is 0.108. The summed E-state index contributed by atoms with van der Waals surface area (Å²) in [6.07, 6.45) is 0. The smallest absolute Gasteiger partial charge is 0.332 e. The minimum absolute atomic E-state index is 0.205. The number of rotatable bonds is 7. The normalized spacial score (nSPS) is 10.6. The van der Waals surface area contributed by atoms with Crippen LogP contribution in [0, 0.1) is 0 Å². The molecule has 3 N–H and O–H groups in total. The van der Waals surface area contributed by atoms with E-state index in [-0.39, 0.29) is 6.61 Å². The maximum atomic E-state index is 10.9. The Kier molecular flexibility index (Phi) is 11.2. The summed E-state index contributed by atoms with van der Waals surface area (Å²) in [5.74, 6) is -0.646. The highest BCUT2D eigenvalue weighted by Gasteiger charge is 2.27. The van der Waals surface area contributed by atoms with Crippen molar-refractivity contribution in [2.45, 2.75) is 12.5 Å². The molecule has 1 aromatic carbocycles. The lowest BCUT2D eigenvalue weighted by atomic mass is 10.1. The number of esters is 1. The van der Waals surface area contributed by atoms with E-state index in [1.807, 2.05) is 12.1 Å². The van der Waals surface area contributed by atoms with Crippen molar-refractivity contribution < 1.29 is 29.6 Å². The summed E-state index contributed by atoms with van der Waals surface area (Å²) >= 11 is 11.2. The Labute approximate surface area is 139 Å². The van der Waals surface area contributed by atoms with Gasteiger partial charge in [0.05, 0.1) is 23.3 Å². The van der Waals surface area contributed by atoms with Crippen LogP contribution >= 0.6 is 23.2 Å². The fraction of sp³-hybridized carbons (Fsp3) is 0.500. The Morgan fingerprint density at radius 1 is 1.18 bits per heavy atom. The van der Waals surface area contributed by atoms with Crippen LogP contribution in [0.1, 0.15) is 6.92 Å². The molecule has 0 spiro atoms. The molecule has 1 rings (SSSR count). The van der Waals surface area contributed by atoms with Crippen LogP contribution in [0.2, 0.25) is 10.0 Å². The molecule has 0 radical (unpaired) electrons. The summed E-state index contributed by atoms with van der Waals surface area (Å²) in [7, 11) is 0. The maximum Gasteiger partial charge on any atom is 0.332 e. The Morgan fingerprint density at radius 3 is 2.05 bits per heavy atom. The number of aliphatic hydroxyl groups excluding tert-OH is 2. The highest BCUT2D eigenvalue weighted by molar-refractivity contribution is 6.41. The number of carbonyl (C=O) groups is 1. The molecule has 0 heterocycles. The van der Waals surface area contributed by atoms with Crippen LogP contribution in [0.3, 0.4) is 0 Å². The van der Waals surface area contributed by atoms with Gasteiger partial charge in [-0.15, -0.1) is 0 Å². The molecule has 8 heteroatoms. The lowest BCUT2D eigenvalue weighted by molar-refractivity contribution is -0.162. The van der Waals surface area contributed by atoms with Crippen molar-refractivity contribution >= 4 is 29.2 Å². The molecule has 0 aliphatic rings. The number of hydrogen-bond donors (Lipinski definition) is 3. The Morgan fingerprint density at radius 2 is 1.68 bits per heavy atom. The van der Waals surface area contributed by atoms with E-state index in [1.165, 1.54) is 0 Å². The SMILES string of the molecule is CCOCC(=O)OCC(O)(CO)CO.Clc1ccccc1Cl. The van der Waals surface area contributed by atoms with E-state index >= 15 is 0 Å². The second-order valence-electron chi connectivity index (χ2n) is 4.25. The Bertz CT molecular complexity index is 416. The molecular formula is C14H20Cl2O6. The monoisotopic (exact) mass is 354 g/mol. The average molecular weight is 355 g/mol. The average Bonchev–Trinajstić information content (AvgIpc) is 2.54. The van der Waals surface area contributed by atoms with Gasteiger partial charge in [0.1, 0.15) is 18.8 Å². The van der Waals surface area contributed by atoms with E-state index in [0.717, 1.165) is 0 Å². The van der Waals surface area contributed by atoms with E-state index in [4.69, 9.17) is 38.2 Å². The highest BCUT2D eigenvalue weighted by Crippen LogP contribution is 2.19. The van der Waals surface area contributed by atoms with Crippen LogP contribution in [-0.2, 0) is 14.3 Å². The fourth-order valence-corrected chi connectivity index (χ4v) is 1.29. The molecule has 0 fully saturated rings. The molecule has 6 nitrogen and oxygen atoms in total. The molecule has 126 valence electrons. The van der Waals surface area contributed by atoms with Crippen LogP contribution in [0.15, 0.2) is 24.3 Å². The first-order valence-corrected chi connectivity index (χ1v) is 7.21. The van der Waals surface area contributed by atoms with Crippen molar-refractivity contribution in [3.8, 4) is 0 Å². The van der Waals surface area contributed by atoms with Crippen LogP contribution in [0.4, 0.5) is 0 Å². The predicted molar refractivity (Wildman–Crippen MR) is 83.0 cm³/mol. The van der Waals surface area contributed by atoms with Gasteiger partial charge in [0.2, 0.25) is 0 Å². The summed E-state index contributed by atoms with van der Waals surface area (Å²) in [4.78, 5) is 10.9. The molecule has 0 unspecified atom stereocenters. The second kappa shape index (κ2) is 11.6. The van der Waals surface area contributed by atoms with Gasteiger partial charge in [0.15, 0.2) is 0 Å². The number of benzene rings is 1. The third kappa shape index (κ3) is 9.19. The van der Waals surface area contributed by atoms with E-state index < -0.39 is 31.4 Å². The molecule has 1 aromatic rings. The summed E-state index contributed by atoms with van der Waals surface area (Å²) < 4.78 is 9.30. The predicted octanol–water partition coefficient (Wildman–Crippen LogP) is 1.28. The number of aliphatic hydroxyl groups is 3. The van der Waals surface area contributed by atoms with Gasteiger partial charge >= 0.3 is 5.97 Å². The molecule has 0 aliphatic heterocycles. The maximum absolute atomic E-state index is 10.9. The van der Waals surface area contributed by atoms with Gasteiger partial charge in [-0.05, 0) is 19.1 Å². The fourth-order valence-electron chi connectivity index (χ4n) is 1.02. The van der Waals surface area contributed by atoms with Crippen molar-refractivity contribution in [3.05, 3.63) is 34.3 Å². The zero-order chi connectivity index (χ0) is 17.0. The Hall–Kier alpha value is -0.890. The van der Waals surface area contributed by atoms with Crippen LogP contribution in [-0.4, -0.2) is 59.9 Å². The molecule has 0 saturated carbocycles. The zero-order valence-corrected chi connectivity index (χ0v) is 13.7. The standard InChI is InChI=1S/C8H16O6.C6H4Cl2/c1-2-13-3-7(11)14-6-8(12,4-9)5-10;7-5-3-1-2-4-6(5)8/h9-10,12H,2-6H2,1H3;1-4H. The summed E-state index contributed by atoms with van der Waals surface area (Å²) in [5.41, 5.74) is -1.78. The molecule has 0 amide bonds. The van der Waals surface area contributed by atoms with Crippen molar-refractivity contribution in [2.75, 3.05) is 33.0 Å². The van der Waals surface area contributed by atoms with Gasteiger partial charge in [-0.25, -0.2) is 4.79 Å². The third-order valence-corrected chi connectivity index (χ3v) is 3.09. The lowest BCUT2D eigenvalue weighted by Gasteiger charge is -2.22. The second-order valence-corrected chi connectivity index (χ2v) is 5.07. The first-order valence-electron chi connectivity index (χ1n) is 6.46. The highest BCUT2D eigenvalue weighted by atomic mass is 35.5. The van der Waals surface area contributed by atoms with Gasteiger partial charge in [0, 0.05) is 6.61 Å². The number of ether oxygens (including phenoxy) is 2. The van der Waals surface area contributed by atoms with Crippen molar-refractivity contribution in [1.29, 1.82) is 0 Å². The molecule has 0 saturated heterocycles. The van der Waals surface area contributed by atoms with Crippen LogP contribution < -0.4 is 0 Å². The molecule has 0 aromatic heterocycles. The van der Waals surface area contributed by atoms with Gasteiger partial charge in [0.25, 0.3) is 0 Å². The minimum Gasteiger partial charge on any atom is -0.461 e.